The van der Waals surface area contributed by atoms with E-state index in [9.17, 15) is 13.2 Å². The molecule has 39 heavy (non-hydrogen) atoms. The van der Waals surface area contributed by atoms with Crippen molar-refractivity contribution in [3.8, 4) is 11.9 Å². The van der Waals surface area contributed by atoms with Crippen molar-refractivity contribution in [1.82, 2.24) is 25.0 Å². The molecule has 2 N–H and O–H groups in total. The summed E-state index contributed by atoms with van der Waals surface area (Å²) in [4.78, 5) is 16.1. The van der Waals surface area contributed by atoms with Gasteiger partial charge in [-0.25, -0.2) is 23.3 Å². The van der Waals surface area contributed by atoms with Crippen LogP contribution in [0.1, 0.15) is 41.3 Å². The molecule has 3 aromatic heterocycles. The lowest BCUT2D eigenvalue weighted by molar-refractivity contribution is 0.295. The van der Waals surface area contributed by atoms with Crippen LogP contribution in [0.3, 0.4) is 0 Å². The predicted molar refractivity (Wildman–Crippen MR) is 146 cm³/mol. The Labute approximate surface area is 223 Å². The SMILES string of the molecule is CC/C(=C1\c2cc3c(C)nn(-c4n[nH]c(=O)o4)c3cc2COc2ncccc21)c1cccc(NS(C)(=O)=O)c1. The highest BCUT2D eigenvalue weighted by Gasteiger charge is 2.26. The van der Waals surface area contributed by atoms with Gasteiger partial charge in [-0.3, -0.25) is 4.72 Å². The second kappa shape index (κ2) is 9.24. The largest absolute Gasteiger partial charge is 0.472 e. The van der Waals surface area contributed by atoms with Gasteiger partial charge in [0, 0.05) is 22.8 Å². The normalized spacial score (nSPS) is 14.3. The molecule has 0 aliphatic carbocycles. The highest BCUT2D eigenvalue weighted by atomic mass is 32.2. The molecule has 1 aliphatic rings. The van der Waals surface area contributed by atoms with Gasteiger partial charge in [0.05, 0.1) is 17.5 Å². The first kappa shape index (κ1) is 24.6. The Hall–Kier alpha value is -4.71. The smallest absolute Gasteiger partial charge is 0.435 e. The quantitative estimate of drug-likeness (QED) is 0.337. The molecule has 0 atom stereocenters. The van der Waals surface area contributed by atoms with Crippen LogP contribution in [0, 0.1) is 6.92 Å². The number of pyridine rings is 1. The molecular formula is C27H24N6O5S. The Balaban J connectivity index is 1.64. The van der Waals surface area contributed by atoms with Gasteiger partial charge in [-0.05, 0) is 77.6 Å². The van der Waals surface area contributed by atoms with Crippen molar-refractivity contribution in [3.63, 3.8) is 0 Å². The van der Waals surface area contributed by atoms with Gasteiger partial charge in [-0.1, -0.05) is 19.1 Å². The second-order valence-corrected chi connectivity index (χ2v) is 11.0. The molecular weight excluding hydrogens is 520 g/mol. The fraction of sp³-hybridized carbons (Fsp3) is 0.185. The van der Waals surface area contributed by atoms with Crippen molar-refractivity contribution in [2.75, 3.05) is 11.0 Å². The van der Waals surface area contributed by atoms with Crippen LogP contribution in [0.4, 0.5) is 5.69 Å². The molecule has 0 bridgehead atoms. The fourth-order valence-electron chi connectivity index (χ4n) is 4.99. The van der Waals surface area contributed by atoms with Crippen LogP contribution in [0.25, 0.3) is 28.1 Å². The standard InChI is InChI=1S/C27H24N6O5S/c1-4-19(16-7-5-8-18(11-16)32-39(3,35)36)24-20-9-6-10-28-25(20)37-14-17-12-23-21(13-22(17)24)15(2)31-33(23)26-29-30-27(34)38-26/h5-13,32H,4,14H2,1-3H3,(H,30,34)/b24-19+. The molecule has 0 unspecified atom stereocenters. The maximum atomic E-state index is 11.9. The fourth-order valence-corrected chi connectivity index (χ4v) is 5.54. The monoisotopic (exact) mass is 544 g/mol. The van der Waals surface area contributed by atoms with E-state index in [0.717, 1.165) is 50.7 Å². The number of aromatic nitrogens is 5. The minimum absolute atomic E-state index is 0.0396. The van der Waals surface area contributed by atoms with Crippen molar-refractivity contribution >= 4 is 37.8 Å². The summed E-state index contributed by atoms with van der Waals surface area (Å²) in [6.07, 6.45) is 3.47. The third kappa shape index (κ3) is 4.48. The number of anilines is 1. The van der Waals surface area contributed by atoms with Crippen LogP contribution in [-0.2, 0) is 16.6 Å². The second-order valence-electron chi connectivity index (χ2n) is 9.23. The van der Waals surface area contributed by atoms with Crippen molar-refractivity contribution in [3.05, 3.63) is 93.2 Å². The highest BCUT2D eigenvalue weighted by molar-refractivity contribution is 7.92. The highest BCUT2D eigenvalue weighted by Crippen LogP contribution is 2.43. The molecule has 198 valence electrons. The topological polar surface area (TPSA) is 145 Å². The molecule has 6 rings (SSSR count). The number of rotatable bonds is 5. The molecule has 4 heterocycles. The van der Waals surface area contributed by atoms with Gasteiger partial charge >= 0.3 is 11.8 Å². The average molecular weight is 545 g/mol. The van der Waals surface area contributed by atoms with Crippen LogP contribution in [0.5, 0.6) is 5.88 Å². The summed E-state index contributed by atoms with van der Waals surface area (Å²) in [6, 6.07) is 15.2. The summed E-state index contributed by atoms with van der Waals surface area (Å²) in [5.41, 5.74) is 7.37. The number of nitrogens with zero attached hydrogens (tertiary/aromatic N) is 4. The molecule has 1 aliphatic heterocycles. The molecule has 2 aromatic carbocycles. The lowest BCUT2D eigenvalue weighted by Gasteiger charge is -2.18. The van der Waals surface area contributed by atoms with Gasteiger partial charge < -0.3 is 9.15 Å². The Bertz CT molecular complexity index is 1950. The predicted octanol–water partition coefficient (Wildman–Crippen LogP) is 4.04. The third-order valence-corrected chi connectivity index (χ3v) is 7.15. The number of aromatic amines is 1. The summed E-state index contributed by atoms with van der Waals surface area (Å²) >= 11 is 0. The van der Waals surface area contributed by atoms with Crippen LogP contribution in [-0.4, -0.2) is 39.6 Å². The lowest BCUT2D eigenvalue weighted by atomic mass is 9.86. The van der Waals surface area contributed by atoms with E-state index < -0.39 is 15.8 Å². The first-order valence-electron chi connectivity index (χ1n) is 12.2. The first-order chi connectivity index (χ1) is 18.7. The number of hydrogen-bond acceptors (Lipinski definition) is 8. The summed E-state index contributed by atoms with van der Waals surface area (Å²) < 4.78 is 39.2. The number of aryl methyl sites for hydroxylation is 1. The van der Waals surface area contributed by atoms with E-state index in [1.165, 1.54) is 4.68 Å². The molecule has 0 radical (unpaired) electrons. The Morgan fingerprint density at radius 3 is 2.74 bits per heavy atom. The first-order valence-corrected chi connectivity index (χ1v) is 14.1. The Morgan fingerprint density at radius 2 is 2.00 bits per heavy atom. The zero-order valence-corrected chi connectivity index (χ0v) is 22.2. The third-order valence-electron chi connectivity index (χ3n) is 6.54. The van der Waals surface area contributed by atoms with Crippen molar-refractivity contribution in [1.29, 1.82) is 0 Å². The van der Waals surface area contributed by atoms with Crippen LogP contribution in [0.2, 0.25) is 0 Å². The Morgan fingerprint density at radius 1 is 1.15 bits per heavy atom. The van der Waals surface area contributed by atoms with Crippen molar-refractivity contribution < 1.29 is 17.6 Å². The van der Waals surface area contributed by atoms with Crippen molar-refractivity contribution in [2.24, 2.45) is 0 Å². The summed E-state index contributed by atoms with van der Waals surface area (Å²) in [5, 5.41) is 11.6. The summed E-state index contributed by atoms with van der Waals surface area (Å²) in [5.74, 6) is -0.169. The molecule has 0 amide bonds. The van der Waals surface area contributed by atoms with Crippen LogP contribution < -0.4 is 15.2 Å². The van der Waals surface area contributed by atoms with E-state index in [1.54, 1.807) is 12.3 Å². The number of benzene rings is 2. The number of hydrogen-bond donors (Lipinski definition) is 2. The number of sulfonamides is 1. The van der Waals surface area contributed by atoms with Gasteiger partial charge in [0.1, 0.15) is 6.61 Å². The lowest BCUT2D eigenvalue weighted by Crippen LogP contribution is -2.09. The maximum absolute atomic E-state index is 11.9. The van der Waals surface area contributed by atoms with Gasteiger partial charge in [-0.15, -0.1) is 5.10 Å². The summed E-state index contributed by atoms with van der Waals surface area (Å²) in [6.45, 7) is 4.19. The van der Waals surface area contributed by atoms with E-state index >= 15 is 0 Å². The molecule has 0 spiro atoms. The van der Waals surface area contributed by atoms with Crippen LogP contribution >= 0.6 is 0 Å². The van der Waals surface area contributed by atoms with Crippen LogP contribution in [0.15, 0.2) is 63.9 Å². The Kier molecular flexibility index (Phi) is 5.83. The molecule has 12 heteroatoms. The molecule has 0 saturated heterocycles. The number of allylic oxidation sites excluding steroid dienone is 1. The van der Waals surface area contributed by atoms with Gasteiger partial charge in [0.25, 0.3) is 0 Å². The number of ether oxygens (including phenoxy) is 1. The van der Waals surface area contributed by atoms with E-state index in [2.05, 4.69) is 38.0 Å². The number of nitrogens with one attached hydrogen (secondary N) is 2. The zero-order valence-electron chi connectivity index (χ0n) is 21.3. The van der Waals surface area contributed by atoms with Gasteiger partial charge in [-0.2, -0.15) is 9.78 Å². The van der Waals surface area contributed by atoms with Crippen molar-refractivity contribution in [2.45, 2.75) is 26.9 Å². The number of fused-ring (bicyclic) bond motifs is 3. The zero-order chi connectivity index (χ0) is 27.3. The van der Waals surface area contributed by atoms with Gasteiger partial charge in [0.15, 0.2) is 0 Å². The van der Waals surface area contributed by atoms with E-state index in [1.807, 2.05) is 43.3 Å². The molecule has 11 nitrogen and oxygen atoms in total. The molecule has 0 fully saturated rings. The maximum Gasteiger partial charge on any atom is 0.435 e. The summed E-state index contributed by atoms with van der Waals surface area (Å²) in [7, 11) is -3.44. The number of H-pyrrole nitrogens is 1. The molecule has 5 aromatic rings. The van der Waals surface area contributed by atoms with E-state index in [4.69, 9.17) is 9.15 Å². The minimum Gasteiger partial charge on any atom is -0.472 e. The van der Waals surface area contributed by atoms with E-state index in [-0.39, 0.29) is 12.6 Å². The van der Waals surface area contributed by atoms with Gasteiger partial charge in [0.2, 0.25) is 15.9 Å². The van der Waals surface area contributed by atoms with E-state index in [0.29, 0.717) is 23.5 Å². The minimum atomic E-state index is -3.44. The molecule has 0 saturated carbocycles. The average Bonchev–Trinajstić information content (AvgIpc) is 3.42.